The minimum atomic E-state index is 0.203. The summed E-state index contributed by atoms with van der Waals surface area (Å²) in [7, 11) is 0. The predicted octanol–water partition coefficient (Wildman–Crippen LogP) is 2.76. The molecule has 0 bridgehead atoms. The van der Waals surface area contributed by atoms with Crippen molar-refractivity contribution in [2.24, 2.45) is 0 Å². The van der Waals surface area contributed by atoms with Gasteiger partial charge in [0.1, 0.15) is 0 Å². The summed E-state index contributed by atoms with van der Waals surface area (Å²) in [6, 6.07) is 3.92. The van der Waals surface area contributed by atoms with Gasteiger partial charge in [-0.25, -0.2) is 0 Å². The molecule has 0 saturated heterocycles. The maximum Gasteiger partial charge on any atom is 0.257 e. The monoisotopic (exact) mass is 345 g/mol. The van der Waals surface area contributed by atoms with Gasteiger partial charge >= 0.3 is 0 Å². The third-order valence-electron chi connectivity index (χ3n) is 2.69. The van der Waals surface area contributed by atoms with E-state index in [1.165, 1.54) is 0 Å². The van der Waals surface area contributed by atoms with Gasteiger partial charge in [0.2, 0.25) is 5.89 Å². The van der Waals surface area contributed by atoms with Gasteiger partial charge in [-0.1, -0.05) is 6.92 Å². The fourth-order valence-electron chi connectivity index (χ4n) is 1.68. The van der Waals surface area contributed by atoms with Gasteiger partial charge in [-0.3, -0.25) is 4.90 Å². The van der Waals surface area contributed by atoms with E-state index in [1.54, 1.807) is 11.3 Å². The van der Waals surface area contributed by atoms with Crippen LogP contribution >= 0.6 is 27.3 Å². The molecular weight excluding hydrogens is 330 g/mol. The second-order valence-electron chi connectivity index (χ2n) is 4.05. The lowest BCUT2D eigenvalue weighted by atomic mass is 10.4. The topological polar surface area (TPSA) is 62.4 Å². The van der Waals surface area contributed by atoms with Crippen LogP contribution in [0.2, 0.25) is 0 Å². The molecule has 104 valence electrons. The number of aliphatic hydroxyl groups is 1. The average molecular weight is 346 g/mol. The molecule has 0 radical (unpaired) electrons. The van der Waals surface area contributed by atoms with Crippen molar-refractivity contribution in [3.05, 3.63) is 21.8 Å². The molecule has 0 aromatic carbocycles. The molecule has 2 heterocycles. The summed E-state index contributed by atoms with van der Waals surface area (Å²) < 4.78 is 6.70. The van der Waals surface area contributed by atoms with Crippen molar-refractivity contribution in [1.29, 1.82) is 0 Å². The van der Waals surface area contributed by atoms with Crippen LogP contribution in [0.4, 0.5) is 0 Å². The average Bonchev–Trinajstić information content (AvgIpc) is 3.03. The van der Waals surface area contributed by atoms with E-state index in [-0.39, 0.29) is 6.61 Å². The zero-order valence-corrected chi connectivity index (χ0v) is 13.1. The Kier molecular flexibility index (Phi) is 5.50. The minimum Gasteiger partial charge on any atom is -0.419 e. The van der Waals surface area contributed by atoms with E-state index in [1.807, 2.05) is 12.1 Å². The number of nitrogens with zero attached hydrogens (tertiary/aromatic N) is 3. The molecular formula is C12H16BrN3O2S. The third-order valence-corrected chi connectivity index (χ3v) is 4.30. The number of aliphatic hydroxyl groups excluding tert-OH is 1. The van der Waals surface area contributed by atoms with Crippen molar-refractivity contribution in [3.8, 4) is 10.8 Å². The number of rotatable bonds is 7. The van der Waals surface area contributed by atoms with Crippen molar-refractivity contribution in [3.63, 3.8) is 0 Å². The van der Waals surface area contributed by atoms with E-state index in [0.717, 1.165) is 28.2 Å². The first-order valence-corrected chi connectivity index (χ1v) is 7.75. The number of thiophene rings is 1. The molecule has 0 unspecified atom stereocenters. The van der Waals surface area contributed by atoms with E-state index in [2.05, 4.69) is 38.0 Å². The lowest BCUT2D eigenvalue weighted by molar-refractivity contribution is 0.212. The Labute approximate surface area is 124 Å². The highest BCUT2D eigenvalue weighted by molar-refractivity contribution is 9.11. The number of halogens is 1. The maximum absolute atomic E-state index is 8.85. The first-order chi connectivity index (χ1) is 9.22. The molecule has 0 aliphatic heterocycles. The molecule has 5 nitrogen and oxygen atoms in total. The number of hydrogen-bond donors (Lipinski definition) is 1. The molecule has 1 N–H and O–H groups in total. The Morgan fingerprint density at radius 1 is 1.42 bits per heavy atom. The van der Waals surface area contributed by atoms with Gasteiger partial charge in [-0.15, -0.1) is 21.5 Å². The van der Waals surface area contributed by atoms with Crippen LogP contribution in [0.5, 0.6) is 0 Å². The van der Waals surface area contributed by atoms with Gasteiger partial charge in [0, 0.05) is 13.2 Å². The fourth-order valence-corrected chi connectivity index (χ4v) is 2.99. The summed E-state index contributed by atoms with van der Waals surface area (Å²) in [4.78, 5) is 3.13. The summed E-state index contributed by atoms with van der Waals surface area (Å²) in [5.74, 6) is 1.17. The minimum absolute atomic E-state index is 0.203. The van der Waals surface area contributed by atoms with Gasteiger partial charge in [-0.2, -0.15) is 0 Å². The van der Waals surface area contributed by atoms with Crippen molar-refractivity contribution < 1.29 is 9.52 Å². The van der Waals surface area contributed by atoms with Crippen LogP contribution in [-0.2, 0) is 6.54 Å². The summed E-state index contributed by atoms with van der Waals surface area (Å²) >= 11 is 4.98. The van der Waals surface area contributed by atoms with Crippen LogP contribution in [0.1, 0.15) is 19.2 Å². The Hall–Kier alpha value is -0.760. The molecule has 0 spiro atoms. The van der Waals surface area contributed by atoms with E-state index in [9.17, 15) is 0 Å². The highest BCUT2D eigenvalue weighted by Gasteiger charge is 2.13. The van der Waals surface area contributed by atoms with Crippen LogP contribution in [0, 0.1) is 0 Å². The fraction of sp³-hybridized carbons (Fsp3) is 0.500. The SMILES string of the molecule is CCN(CCCO)Cc1nnc(-c2ccc(Br)s2)o1. The predicted molar refractivity (Wildman–Crippen MR) is 78.0 cm³/mol. The van der Waals surface area contributed by atoms with Crippen LogP contribution < -0.4 is 0 Å². The second kappa shape index (κ2) is 7.14. The van der Waals surface area contributed by atoms with Crippen molar-refractivity contribution >= 4 is 27.3 Å². The molecule has 2 aromatic rings. The maximum atomic E-state index is 8.85. The quantitative estimate of drug-likeness (QED) is 0.835. The molecule has 0 aliphatic rings. The van der Waals surface area contributed by atoms with Crippen LogP contribution in [0.15, 0.2) is 20.3 Å². The third kappa shape index (κ3) is 4.10. The Bertz CT molecular complexity index is 515. The largest absolute Gasteiger partial charge is 0.419 e. The molecule has 2 aromatic heterocycles. The van der Waals surface area contributed by atoms with Crippen molar-refractivity contribution in [2.45, 2.75) is 19.9 Å². The summed E-state index contributed by atoms with van der Waals surface area (Å²) in [5.41, 5.74) is 0. The van der Waals surface area contributed by atoms with E-state index >= 15 is 0 Å². The lowest BCUT2D eigenvalue weighted by Crippen LogP contribution is -2.24. The Balaban J connectivity index is 2.00. The second-order valence-corrected chi connectivity index (χ2v) is 6.51. The van der Waals surface area contributed by atoms with E-state index in [4.69, 9.17) is 9.52 Å². The van der Waals surface area contributed by atoms with Gasteiger partial charge in [0.05, 0.1) is 15.2 Å². The Morgan fingerprint density at radius 2 is 2.26 bits per heavy atom. The standard InChI is InChI=1S/C12H16BrN3O2S/c1-2-16(6-3-7-17)8-11-14-15-12(18-11)9-4-5-10(13)19-9/h4-5,17H,2-3,6-8H2,1H3. The molecule has 19 heavy (non-hydrogen) atoms. The summed E-state index contributed by atoms with van der Waals surface area (Å²) in [6.07, 6.45) is 0.757. The number of aromatic nitrogens is 2. The molecule has 0 aliphatic carbocycles. The van der Waals surface area contributed by atoms with Gasteiger partial charge < -0.3 is 9.52 Å². The molecule has 0 atom stereocenters. The first kappa shape index (κ1) is 14.6. The smallest absolute Gasteiger partial charge is 0.257 e. The van der Waals surface area contributed by atoms with E-state index < -0.39 is 0 Å². The van der Waals surface area contributed by atoms with E-state index in [0.29, 0.717) is 18.3 Å². The highest BCUT2D eigenvalue weighted by atomic mass is 79.9. The molecule has 2 rings (SSSR count). The van der Waals surface area contributed by atoms with Crippen LogP contribution in [-0.4, -0.2) is 39.9 Å². The molecule has 0 amide bonds. The molecule has 0 saturated carbocycles. The highest BCUT2D eigenvalue weighted by Crippen LogP contribution is 2.30. The Morgan fingerprint density at radius 3 is 2.89 bits per heavy atom. The molecule has 0 fully saturated rings. The number of hydrogen-bond acceptors (Lipinski definition) is 6. The van der Waals surface area contributed by atoms with Gasteiger partial charge in [-0.05, 0) is 41.0 Å². The summed E-state index contributed by atoms with van der Waals surface area (Å²) in [5, 5.41) is 17.0. The summed E-state index contributed by atoms with van der Waals surface area (Å²) in [6.45, 7) is 4.62. The molecule has 7 heteroatoms. The van der Waals surface area contributed by atoms with Crippen molar-refractivity contribution in [2.75, 3.05) is 19.7 Å². The first-order valence-electron chi connectivity index (χ1n) is 6.14. The normalized spacial score (nSPS) is 11.4. The zero-order chi connectivity index (χ0) is 13.7. The lowest BCUT2D eigenvalue weighted by Gasteiger charge is -2.17. The van der Waals surface area contributed by atoms with Gasteiger partial charge in [0.15, 0.2) is 0 Å². The van der Waals surface area contributed by atoms with Gasteiger partial charge in [0.25, 0.3) is 5.89 Å². The zero-order valence-electron chi connectivity index (χ0n) is 10.7. The van der Waals surface area contributed by atoms with Crippen LogP contribution in [0.25, 0.3) is 10.8 Å². The van der Waals surface area contributed by atoms with Crippen molar-refractivity contribution in [1.82, 2.24) is 15.1 Å². The van der Waals surface area contributed by atoms with Crippen LogP contribution in [0.3, 0.4) is 0 Å².